The molecule has 0 radical (unpaired) electrons. The molecule has 84 valence electrons. The van der Waals surface area contributed by atoms with Crippen LogP contribution in [0.1, 0.15) is 6.42 Å². The maximum Gasteiger partial charge on any atom is 0.186 e. The molecule has 3 heteroatoms. The third-order valence-corrected chi connectivity index (χ3v) is 5.15. The molecule has 2 nitrogen and oxygen atoms in total. The maximum absolute atomic E-state index is 5.61. The van der Waals surface area contributed by atoms with Crippen molar-refractivity contribution >= 4 is 8.32 Å². The number of rotatable bonds is 6. The first-order valence-electron chi connectivity index (χ1n) is 5.37. The highest BCUT2D eigenvalue weighted by Crippen LogP contribution is 2.14. The zero-order valence-electron chi connectivity index (χ0n) is 9.82. The molecule has 0 amide bonds. The third-order valence-electron chi connectivity index (χ3n) is 2.49. The highest BCUT2D eigenvalue weighted by Gasteiger charge is 2.19. The van der Waals surface area contributed by atoms with E-state index < -0.39 is 8.32 Å². The first kappa shape index (κ1) is 12.3. The molecule has 0 aliphatic heterocycles. The monoisotopic (exact) mass is 224 g/mol. The third kappa shape index (κ3) is 5.00. The van der Waals surface area contributed by atoms with Crippen molar-refractivity contribution in [3.05, 3.63) is 30.3 Å². The summed E-state index contributed by atoms with van der Waals surface area (Å²) in [5, 5.41) is 0. The molecule has 1 aromatic carbocycles. The Morgan fingerprint density at radius 2 is 1.80 bits per heavy atom. The zero-order valence-corrected chi connectivity index (χ0v) is 10.8. The van der Waals surface area contributed by atoms with Crippen LogP contribution in [0, 0.1) is 0 Å². The minimum absolute atomic E-state index is 0.782. The van der Waals surface area contributed by atoms with Crippen LogP contribution in [0.2, 0.25) is 19.1 Å². The van der Waals surface area contributed by atoms with Gasteiger partial charge < -0.3 is 9.16 Å². The second-order valence-electron chi connectivity index (χ2n) is 4.23. The Hall–Kier alpha value is -0.803. The largest absolute Gasteiger partial charge is 0.494 e. The van der Waals surface area contributed by atoms with E-state index >= 15 is 0 Å². The summed E-state index contributed by atoms with van der Waals surface area (Å²) in [6, 6.07) is 11.1. The number of hydrogen-bond donors (Lipinski definition) is 0. The number of para-hydroxylation sites is 1. The molecule has 0 saturated carbocycles. The standard InChI is InChI=1S/C12H20O2Si/c1-13-15(2,3)11-7-10-14-12-8-5-4-6-9-12/h4-6,8-9H,7,10-11H2,1-3H3. The van der Waals surface area contributed by atoms with Gasteiger partial charge >= 0.3 is 0 Å². The number of hydrogen-bond acceptors (Lipinski definition) is 2. The number of benzene rings is 1. The van der Waals surface area contributed by atoms with E-state index in [0.29, 0.717) is 0 Å². The molecule has 1 rings (SSSR count). The summed E-state index contributed by atoms with van der Waals surface area (Å²) in [6.45, 7) is 5.24. The Bertz CT molecular complexity index is 272. The van der Waals surface area contributed by atoms with Crippen molar-refractivity contribution in [2.75, 3.05) is 13.7 Å². The fourth-order valence-electron chi connectivity index (χ4n) is 1.31. The average molecular weight is 224 g/mol. The van der Waals surface area contributed by atoms with E-state index in [1.807, 2.05) is 37.4 Å². The minimum atomic E-state index is -1.40. The van der Waals surface area contributed by atoms with Crippen molar-refractivity contribution in [3.8, 4) is 5.75 Å². The maximum atomic E-state index is 5.61. The summed E-state index contributed by atoms with van der Waals surface area (Å²) in [7, 11) is 0.414. The fraction of sp³-hybridized carbons (Fsp3) is 0.500. The highest BCUT2D eigenvalue weighted by atomic mass is 28.4. The van der Waals surface area contributed by atoms with Gasteiger partial charge in [0.2, 0.25) is 0 Å². The molecule has 0 aromatic heterocycles. The normalized spacial score (nSPS) is 11.4. The molecule has 0 spiro atoms. The Balaban J connectivity index is 2.18. The van der Waals surface area contributed by atoms with Gasteiger partial charge in [0.15, 0.2) is 8.32 Å². The van der Waals surface area contributed by atoms with Gasteiger partial charge in [0, 0.05) is 7.11 Å². The first-order valence-corrected chi connectivity index (χ1v) is 8.48. The summed E-state index contributed by atoms with van der Waals surface area (Å²) < 4.78 is 11.1. The lowest BCUT2D eigenvalue weighted by Crippen LogP contribution is -2.28. The summed E-state index contributed by atoms with van der Waals surface area (Å²) >= 11 is 0. The molecule has 0 heterocycles. The predicted octanol–water partition coefficient (Wildman–Crippen LogP) is 3.31. The smallest absolute Gasteiger partial charge is 0.186 e. The average Bonchev–Trinajstić information content (AvgIpc) is 2.26. The molecule has 0 N–H and O–H groups in total. The van der Waals surface area contributed by atoms with E-state index in [2.05, 4.69) is 13.1 Å². The van der Waals surface area contributed by atoms with Crippen LogP contribution in [-0.2, 0) is 4.43 Å². The molecule has 0 aliphatic rings. The lowest BCUT2D eigenvalue weighted by atomic mass is 10.3. The van der Waals surface area contributed by atoms with Crippen molar-refractivity contribution in [1.29, 1.82) is 0 Å². The van der Waals surface area contributed by atoms with Gasteiger partial charge in [-0.05, 0) is 37.7 Å². The van der Waals surface area contributed by atoms with Gasteiger partial charge in [-0.1, -0.05) is 18.2 Å². The molecule has 1 aromatic rings. The van der Waals surface area contributed by atoms with E-state index in [1.165, 1.54) is 0 Å². The van der Waals surface area contributed by atoms with Crippen LogP contribution < -0.4 is 4.74 Å². The summed E-state index contributed by atoms with van der Waals surface area (Å²) in [6.07, 6.45) is 1.07. The highest BCUT2D eigenvalue weighted by molar-refractivity contribution is 6.71. The van der Waals surface area contributed by atoms with Gasteiger partial charge in [-0.25, -0.2) is 0 Å². The summed E-state index contributed by atoms with van der Waals surface area (Å²) in [5.74, 6) is 0.953. The van der Waals surface area contributed by atoms with Crippen molar-refractivity contribution in [2.24, 2.45) is 0 Å². The van der Waals surface area contributed by atoms with Crippen LogP contribution in [-0.4, -0.2) is 22.0 Å². The Morgan fingerprint density at radius 3 is 2.40 bits per heavy atom. The second-order valence-corrected chi connectivity index (χ2v) is 8.66. The van der Waals surface area contributed by atoms with Gasteiger partial charge in [0.25, 0.3) is 0 Å². The van der Waals surface area contributed by atoms with Gasteiger partial charge in [0.1, 0.15) is 5.75 Å². The van der Waals surface area contributed by atoms with Gasteiger partial charge in [-0.2, -0.15) is 0 Å². The van der Waals surface area contributed by atoms with E-state index in [9.17, 15) is 0 Å². The van der Waals surface area contributed by atoms with Crippen LogP contribution in [0.4, 0.5) is 0 Å². The SMILES string of the molecule is CO[Si](C)(C)CCCOc1ccccc1. The molecule has 15 heavy (non-hydrogen) atoms. The first-order chi connectivity index (χ1) is 7.14. The van der Waals surface area contributed by atoms with Crippen molar-refractivity contribution < 1.29 is 9.16 Å². The van der Waals surface area contributed by atoms with Crippen LogP contribution in [0.15, 0.2) is 30.3 Å². The molecule has 0 saturated heterocycles. The summed E-state index contributed by atoms with van der Waals surface area (Å²) in [4.78, 5) is 0. The van der Waals surface area contributed by atoms with Gasteiger partial charge in [-0.3, -0.25) is 0 Å². The molecular formula is C12H20O2Si. The quantitative estimate of drug-likeness (QED) is 0.545. The number of ether oxygens (including phenoxy) is 1. The van der Waals surface area contributed by atoms with E-state index in [4.69, 9.17) is 9.16 Å². The zero-order chi connectivity index (χ0) is 11.1. The van der Waals surface area contributed by atoms with Crippen molar-refractivity contribution in [1.82, 2.24) is 0 Å². The topological polar surface area (TPSA) is 18.5 Å². The minimum Gasteiger partial charge on any atom is -0.494 e. The predicted molar refractivity (Wildman–Crippen MR) is 65.9 cm³/mol. The van der Waals surface area contributed by atoms with Crippen LogP contribution in [0.25, 0.3) is 0 Å². The van der Waals surface area contributed by atoms with E-state index in [1.54, 1.807) is 0 Å². The second kappa shape index (κ2) is 5.93. The lowest BCUT2D eigenvalue weighted by molar-refractivity contribution is 0.311. The van der Waals surface area contributed by atoms with E-state index in [-0.39, 0.29) is 0 Å². The van der Waals surface area contributed by atoms with Crippen molar-refractivity contribution in [3.63, 3.8) is 0 Å². The molecule has 0 aliphatic carbocycles. The van der Waals surface area contributed by atoms with Crippen LogP contribution in [0.5, 0.6) is 5.75 Å². The molecular weight excluding hydrogens is 204 g/mol. The molecule has 0 bridgehead atoms. The Kier molecular flexibility index (Phi) is 4.85. The molecule has 0 fully saturated rings. The van der Waals surface area contributed by atoms with Crippen molar-refractivity contribution in [2.45, 2.75) is 25.6 Å². The van der Waals surface area contributed by atoms with Gasteiger partial charge in [0.05, 0.1) is 6.61 Å². The lowest BCUT2D eigenvalue weighted by Gasteiger charge is -2.19. The fourth-order valence-corrected chi connectivity index (χ4v) is 2.51. The van der Waals surface area contributed by atoms with Gasteiger partial charge in [-0.15, -0.1) is 0 Å². The Morgan fingerprint density at radius 1 is 1.13 bits per heavy atom. The molecule has 0 atom stereocenters. The van der Waals surface area contributed by atoms with Crippen LogP contribution in [0.3, 0.4) is 0 Å². The summed E-state index contributed by atoms with van der Waals surface area (Å²) in [5.41, 5.74) is 0. The van der Waals surface area contributed by atoms with E-state index in [0.717, 1.165) is 24.8 Å². The molecule has 0 unspecified atom stereocenters. The Labute approximate surface area is 93.4 Å². The van der Waals surface area contributed by atoms with Crippen LogP contribution >= 0.6 is 0 Å².